The number of hydrogen-bond donors (Lipinski definition) is 0. The highest BCUT2D eigenvalue weighted by molar-refractivity contribution is 7.26. The van der Waals surface area contributed by atoms with E-state index in [-0.39, 0.29) is 0 Å². The summed E-state index contributed by atoms with van der Waals surface area (Å²) in [6.45, 7) is 0. The minimum Gasteiger partial charge on any atom is -0.278 e. The van der Waals surface area contributed by atoms with Crippen molar-refractivity contribution in [3.8, 4) is 50.4 Å². The molecule has 0 unspecified atom stereocenters. The maximum absolute atomic E-state index is 5.28. The summed E-state index contributed by atoms with van der Waals surface area (Å²) in [5.41, 5.74) is 8.53. The van der Waals surface area contributed by atoms with Gasteiger partial charge in [0.05, 0.1) is 21.3 Å². The monoisotopic (exact) mass is 713 g/mol. The Morgan fingerprint density at radius 3 is 1.85 bits per heavy atom. The van der Waals surface area contributed by atoms with Gasteiger partial charge < -0.3 is 0 Å². The summed E-state index contributed by atoms with van der Waals surface area (Å²) in [7, 11) is 0. The summed E-state index contributed by atoms with van der Waals surface area (Å²) in [4.78, 5) is 20.5. The van der Waals surface area contributed by atoms with E-state index in [1.807, 2.05) is 24.3 Å². The predicted octanol–water partition coefficient (Wildman–Crippen LogP) is 12.6. The van der Waals surface area contributed by atoms with Crippen LogP contribution in [0.5, 0.6) is 0 Å². The van der Waals surface area contributed by atoms with Crippen molar-refractivity contribution in [3.63, 3.8) is 0 Å². The number of para-hydroxylation sites is 3. The lowest BCUT2D eigenvalue weighted by atomic mass is 10.00. The highest BCUT2D eigenvalue weighted by Gasteiger charge is 2.20. The van der Waals surface area contributed by atoms with E-state index in [1.54, 1.807) is 22.7 Å². The highest BCUT2D eigenvalue weighted by atomic mass is 32.1. The van der Waals surface area contributed by atoms with Gasteiger partial charge in [-0.1, -0.05) is 121 Å². The Hall–Kier alpha value is -6.54. The van der Waals surface area contributed by atoms with E-state index in [0.717, 1.165) is 65.5 Å². The Bertz CT molecular complexity index is 3090. The van der Waals surface area contributed by atoms with Crippen molar-refractivity contribution >= 4 is 74.9 Å². The van der Waals surface area contributed by atoms with E-state index in [1.165, 1.54) is 19.5 Å². The van der Waals surface area contributed by atoms with Crippen LogP contribution in [0.3, 0.4) is 0 Å². The molecule has 0 aliphatic heterocycles. The molecule has 0 fully saturated rings. The number of benzene rings is 7. The van der Waals surface area contributed by atoms with E-state index < -0.39 is 0 Å². The van der Waals surface area contributed by atoms with Gasteiger partial charge in [-0.25, -0.2) is 9.97 Å². The third-order valence-corrected chi connectivity index (χ3v) is 12.2. The molecule has 0 radical (unpaired) electrons. The van der Waals surface area contributed by atoms with Gasteiger partial charge in [0.15, 0.2) is 11.6 Å². The van der Waals surface area contributed by atoms with Crippen LogP contribution in [0, 0.1) is 0 Å². The van der Waals surface area contributed by atoms with Crippen molar-refractivity contribution in [2.45, 2.75) is 0 Å². The first-order valence-corrected chi connectivity index (χ1v) is 19.1. The van der Waals surface area contributed by atoms with E-state index in [2.05, 4.69) is 144 Å². The van der Waals surface area contributed by atoms with Crippen LogP contribution in [0.4, 0.5) is 0 Å². The summed E-state index contributed by atoms with van der Waals surface area (Å²) in [6.07, 6.45) is 0. The molecule has 0 amide bonds. The molecule has 0 bridgehead atoms. The Kier molecular flexibility index (Phi) is 6.83. The van der Waals surface area contributed by atoms with Crippen LogP contribution in [0.2, 0.25) is 0 Å². The third kappa shape index (κ3) is 4.97. The number of thiazole rings is 1. The fourth-order valence-corrected chi connectivity index (χ4v) is 9.52. The Morgan fingerprint density at radius 1 is 0.396 bits per heavy atom. The van der Waals surface area contributed by atoms with Gasteiger partial charge in [-0.05, 0) is 53.6 Å². The van der Waals surface area contributed by atoms with Crippen LogP contribution in [-0.4, -0.2) is 24.5 Å². The molecule has 0 aliphatic carbocycles. The fraction of sp³-hybridized carbons (Fsp3) is 0. The first-order chi connectivity index (χ1) is 26.2. The molecule has 4 aromatic heterocycles. The van der Waals surface area contributed by atoms with Crippen molar-refractivity contribution in [2.75, 3.05) is 0 Å². The maximum atomic E-state index is 5.28. The van der Waals surface area contributed by atoms with Crippen LogP contribution in [-0.2, 0) is 0 Å². The van der Waals surface area contributed by atoms with Crippen LogP contribution in [0.1, 0.15) is 0 Å². The zero-order valence-electron chi connectivity index (χ0n) is 28.1. The largest absolute Gasteiger partial charge is 0.278 e. The van der Waals surface area contributed by atoms with Gasteiger partial charge in [0, 0.05) is 47.6 Å². The molecule has 4 heterocycles. The Balaban J connectivity index is 1.09. The normalized spacial score (nSPS) is 11.8. The fourth-order valence-electron chi connectivity index (χ4n) is 7.43. The number of thiophene rings is 1. The third-order valence-electron chi connectivity index (χ3n) is 9.93. The summed E-state index contributed by atoms with van der Waals surface area (Å²) in [6, 6.07) is 57.4. The summed E-state index contributed by atoms with van der Waals surface area (Å²) >= 11 is 3.53. The van der Waals surface area contributed by atoms with Gasteiger partial charge in [0.2, 0.25) is 5.95 Å². The smallest absolute Gasteiger partial charge is 0.238 e. The minimum atomic E-state index is 0.594. The topological polar surface area (TPSA) is 56.5 Å². The van der Waals surface area contributed by atoms with E-state index >= 15 is 0 Å². The molecule has 0 saturated carbocycles. The molecule has 0 saturated heterocycles. The van der Waals surface area contributed by atoms with E-state index in [4.69, 9.17) is 19.9 Å². The zero-order chi connectivity index (χ0) is 34.9. The molecule has 0 aliphatic rings. The standard InChI is InChI=1S/C46H27N5S2/c1-2-11-29(12-3-1)43-48-44(50-46(49-43)51-37-17-7-4-13-32(37)33-14-5-8-18-38(33)51)34-15-10-20-41-42(34)35-27-31(25-26-39(35)52-41)28-21-23-30(24-22-28)45-47-36-16-6-9-19-40(36)53-45/h1-27H. The second kappa shape index (κ2) is 12.0. The lowest BCUT2D eigenvalue weighted by Gasteiger charge is -2.11. The molecule has 7 heteroatoms. The molecule has 5 nitrogen and oxygen atoms in total. The van der Waals surface area contributed by atoms with Crippen LogP contribution >= 0.6 is 22.7 Å². The SMILES string of the molecule is c1ccc(-c2nc(-c3cccc4sc5ccc(-c6ccc(-c7nc8ccccc8s7)cc6)cc5c34)nc(-n3c4ccccc4c4ccccc43)n2)cc1. The number of aromatic nitrogens is 5. The number of nitrogens with zero attached hydrogens (tertiary/aromatic N) is 5. The Labute approximate surface area is 312 Å². The zero-order valence-corrected chi connectivity index (χ0v) is 29.8. The molecule has 7 aromatic carbocycles. The Morgan fingerprint density at radius 2 is 1.06 bits per heavy atom. The first kappa shape index (κ1) is 30.1. The average molecular weight is 714 g/mol. The molecule has 0 N–H and O–H groups in total. The molecule has 11 rings (SSSR count). The van der Waals surface area contributed by atoms with Gasteiger partial charge >= 0.3 is 0 Å². The first-order valence-electron chi connectivity index (χ1n) is 17.5. The van der Waals surface area contributed by atoms with Crippen molar-refractivity contribution in [2.24, 2.45) is 0 Å². The van der Waals surface area contributed by atoms with Crippen LogP contribution in [0.25, 0.3) is 103 Å². The van der Waals surface area contributed by atoms with E-state index in [0.29, 0.717) is 17.6 Å². The number of fused-ring (bicyclic) bond motifs is 7. The van der Waals surface area contributed by atoms with Gasteiger partial charge in [-0.2, -0.15) is 9.97 Å². The minimum absolute atomic E-state index is 0.594. The second-order valence-electron chi connectivity index (χ2n) is 13.1. The predicted molar refractivity (Wildman–Crippen MR) is 222 cm³/mol. The molecule has 53 heavy (non-hydrogen) atoms. The molecular weight excluding hydrogens is 687 g/mol. The summed E-state index contributed by atoms with van der Waals surface area (Å²) in [5.74, 6) is 1.88. The lowest BCUT2D eigenvalue weighted by molar-refractivity contribution is 0.954. The van der Waals surface area contributed by atoms with Crippen molar-refractivity contribution in [1.29, 1.82) is 0 Å². The van der Waals surface area contributed by atoms with Gasteiger partial charge in [-0.3, -0.25) is 4.57 Å². The highest BCUT2D eigenvalue weighted by Crippen LogP contribution is 2.42. The van der Waals surface area contributed by atoms with Crippen molar-refractivity contribution in [3.05, 3.63) is 164 Å². The van der Waals surface area contributed by atoms with E-state index in [9.17, 15) is 0 Å². The average Bonchev–Trinajstić information content (AvgIpc) is 3.93. The van der Waals surface area contributed by atoms with Crippen LogP contribution in [0.15, 0.2) is 164 Å². The quantitative estimate of drug-likeness (QED) is 0.178. The molecule has 11 aromatic rings. The number of rotatable bonds is 5. The van der Waals surface area contributed by atoms with Crippen molar-refractivity contribution < 1.29 is 0 Å². The molecule has 248 valence electrons. The van der Waals surface area contributed by atoms with Gasteiger partial charge in [0.1, 0.15) is 5.01 Å². The second-order valence-corrected chi connectivity index (χ2v) is 15.2. The maximum Gasteiger partial charge on any atom is 0.238 e. The number of hydrogen-bond acceptors (Lipinski definition) is 6. The lowest BCUT2D eigenvalue weighted by Crippen LogP contribution is -2.06. The summed E-state index contributed by atoms with van der Waals surface area (Å²) < 4.78 is 5.79. The molecular formula is C46H27N5S2. The molecule has 0 spiro atoms. The summed E-state index contributed by atoms with van der Waals surface area (Å²) in [5, 5.41) is 5.71. The van der Waals surface area contributed by atoms with Crippen molar-refractivity contribution in [1.82, 2.24) is 24.5 Å². The van der Waals surface area contributed by atoms with Gasteiger partial charge in [-0.15, -0.1) is 22.7 Å². The van der Waals surface area contributed by atoms with Crippen LogP contribution < -0.4 is 0 Å². The molecule has 0 atom stereocenters. The van der Waals surface area contributed by atoms with Gasteiger partial charge in [0.25, 0.3) is 0 Å².